The zero-order chi connectivity index (χ0) is 32.6. The average molecular weight is 625 g/mol. The van der Waals surface area contributed by atoms with Gasteiger partial charge in [-0.05, 0) is 87.1 Å². The number of anilines is 4. The fraction of sp³-hybridized carbons (Fsp3) is 0.162. The van der Waals surface area contributed by atoms with Gasteiger partial charge in [-0.25, -0.2) is 9.97 Å². The quantitative estimate of drug-likeness (QED) is 0.111. The molecule has 0 radical (unpaired) electrons. The Bertz CT molecular complexity index is 2040. The van der Waals surface area contributed by atoms with E-state index in [1.165, 1.54) is 17.7 Å². The van der Waals surface area contributed by atoms with E-state index in [9.17, 15) is 9.59 Å². The average Bonchev–Trinajstić information content (AvgIpc) is 3.55. The minimum absolute atomic E-state index is 0.312. The summed E-state index contributed by atoms with van der Waals surface area (Å²) in [6.07, 6.45) is 7.39. The number of hydrogen-bond donors (Lipinski definition) is 3. The predicted molar refractivity (Wildman–Crippen MR) is 187 cm³/mol. The Morgan fingerprint density at radius 1 is 0.872 bits per heavy atom. The highest BCUT2D eigenvalue weighted by molar-refractivity contribution is 6.05. The minimum Gasteiger partial charge on any atom is -0.353 e. The molecule has 47 heavy (non-hydrogen) atoms. The molecule has 0 saturated heterocycles. The Kier molecular flexibility index (Phi) is 9.59. The summed E-state index contributed by atoms with van der Waals surface area (Å²) in [5.41, 5.74) is 6.37. The predicted octanol–water partition coefficient (Wildman–Crippen LogP) is 6.13. The molecule has 0 aliphatic heterocycles. The first-order valence-electron chi connectivity index (χ1n) is 15.5. The summed E-state index contributed by atoms with van der Waals surface area (Å²) >= 11 is 0. The molecule has 0 aliphatic rings. The third-order valence-electron chi connectivity index (χ3n) is 7.71. The standard InChI is InChI=1S/C37H36N8O2/c1-44(2)20-8-19-38-35(46)17-18-36(47)42-29-13-15-33-31(23-29)37(40-25-39-33)45(30-14-16-32-28(22-30)24-41-43-32)34-12-7-6-11-27(34)21-26-9-4-3-5-10-26/h3-7,9-18,22-25H,8,19-21H2,1-2H3,(H,38,46)(H,41,43)(H,42,47). The molecule has 0 unspecified atom stereocenters. The molecular weight excluding hydrogens is 588 g/mol. The number of carbonyl (C=O) groups is 2. The lowest BCUT2D eigenvalue weighted by Gasteiger charge is -2.28. The van der Waals surface area contributed by atoms with Crippen LogP contribution in [0.3, 0.4) is 0 Å². The van der Waals surface area contributed by atoms with E-state index >= 15 is 0 Å². The molecule has 2 amide bonds. The van der Waals surface area contributed by atoms with Gasteiger partial charge in [0.25, 0.3) is 0 Å². The van der Waals surface area contributed by atoms with Crippen LogP contribution in [0.2, 0.25) is 0 Å². The first kappa shape index (κ1) is 31.1. The first-order chi connectivity index (χ1) is 22.9. The molecule has 6 rings (SSSR count). The number of carbonyl (C=O) groups excluding carboxylic acids is 2. The summed E-state index contributed by atoms with van der Waals surface area (Å²) in [7, 11) is 3.97. The van der Waals surface area contributed by atoms with E-state index in [2.05, 4.69) is 65.9 Å². The molecule has 0 spiro atoms. The lowest BCUT2D eigenvalue weighted by Crippen LogP contribution is -2.25. The van der Waals surface area contributed by atoms with Crippen LogP contribution in [-0.4, -0.2) is 64.1 Å². The molecule has 0 fully saturated rings. The minimum atomic E-state index is -0.415. The van der Waals surface area contributed by atoms with E-state index < -0.39 is 5.91 Å². The molecule has 3 N–H and O–H groups in total. The first-order valence-corrected chi connectivity index (χ1v) is 15.5. The fourth-order valence-corrected chi connectivity index (χ4v) is 5.44. The summed E-state index contributed by atoms with van der Waals surface area (Å²) in [5, 5.41) is 14.6. The monoisotopic (exact) mass is 624 g/mol. The molecule has 6 aromatic rings. The molecule has 2 heterocycles. The van der Waals surface area contributed by atoms with Gasteiger partial charge in [0, 0.05) is 40.8 Å². The number of nitrogens with one attached hydrogen (secondary N) is 3. The smallest absolute Gasteiger partial charge is 0.248 e. The number of aromatic nitrogens is 4. The van der Waals surface area contributed by atoms with Crippen molar-refractivity contribution < 1.29 is 9.59 Å². The maximum absolute atomic E-state index is 12.8. The van der Waals surface area contributed by atoms with Gasteiger partial charge in [-0.1, -0.05) is 48.5 Å². The molecule has 0 aliphatic carbocycles. The van der Waals surface area contributed by atoms with Crippen LogP contribution >= 0.6 is 0 Å². The van der Waals surface area contributed by atoms with Crippen molar-refractivity contribution in [3.63, 3.8) is 0 Å². The molecule has 236 valence electrons. The number of nitrogens with zero attached hydrogens (tertiary/aromatic N) is 5. The Hall–Kier alpha value is -5.87. The van der Waals surface area contributed by atoms with Crippen LogP contribution in [0.5, 0.6) is 0 Å². The highest BCUT2D eigenvalue weighted by Gasteiger charge is 2.21. The van der Waals surface area contributed by atoms with Crippen LogP contribution in [0.15, 0.2) is 116 Å². The second kappa shape index (κ2) is 14.5. The number of H-pyrrole nitrogens is 1. The van der Waals surface area contributed by atoms with Gasteiger partial charge in [-0.15, -0.1) is 0 Å². The van der Waals surface area contributed by atoms with Crippen molar-refractivity contribution in [2.24, 2.45) is 0 Å². The van der Waals surface area contributed by atoms with Crippen molar-refractivity contribution in [3.8, 4) is 0 Å². The number of para-hydroxylation sites is 1. The summed E-state index contributed by atoms with van der Waals surface area (Å²) in [6, 6.07) is 30.3. The van der Waals surface area contributed by atoms with Crippen molar-refractivity contribution in [2.45, 2.75) is 12.8 Å². The van der Waals surface area contributed by atoms with E-state index in [-0.39, 0.29) is 5.91 Å². The lowest BCUT2D eigenvalue weighted by atomic mass is 10.0. The third-order valence-corrected chi connectivity index (χ3v) is 7.71. The Morgan fingerprint density at radius 2 is 1.68 bits per heavy atom. The van der Waals surface area contributed by atoms with Gasteiger partial charge in [0.1, 0.15) is 12.1 Å². The van der Waals surface area contributed by atoms with Crippen LogP contribution < -0.4 is 15.5 Å². The SMILES string of the molecule is CN(C)CCCNC(=O)C=CC(=O)Nc1ccc2ncnc(N(c3ccc4[nH]ncc4c3)c3ccccc3Cc3ccccc3)c2c1. The third kappa shape index (κ3) is 7.69. The second-order valence-electron chi connectivity index (χ2n) is 11.5. The molecule has 10 nitrogen and oxygen atoms in total. The highest BCUT2D eigenvalue weighted by atomic mass is 16.2. The second-order valence-corrected chi connectivity index (χ2v) is 11.5. The number of rotatable bonds is 12. The Morgan fingerprint density at radius 3 is 2.53 bits per heavy atom. The summed E-state index contributed by atoms with van der Waals surface area (Å²) < 4.78 is 0. The number of hydrogen-bond acceptors (Lipinski definition) is 7. The Balaban J connectivity index is 1.34. The zero-order valence-corrected chi connectivity index (χ0v) is 26.4. The van der Waals surface area contributed by atoms with Crippen LogP contribution in [0.1, 0.15) is 17.5 Å². The van der Waals surface area contributed by atoms with Gasteiger partial charge in [-0.3, -0.25) is 19.6 Å². The van der Waals surface area contributed by atoms with E-state index in [0.717, 1.165) is 58.1 Å². The van der Waals surface area contributed by atoms with Gasteiger partial charge in [0.2, 0.25) is 11.8 Å². The normalized spacial score (nSPS) is 11.4. The topological polar surface area (TPSA) is 119 Å². The summed E-state index contributed by atoms with van der Waals surface area (Å²) in [4.78, 5) is 38.5. The largest absolute Gasteiger partial charge is 0.353 e. The van der Waals surface area contributed by atoms with Crippen molar-refractivity contribution in [1.29, 1.82) is 0 Å². The number of amides is 2. The zero-order valence-electron chi connectivity index (χ0n) is 26.4. The lowest BCUT2D eigenvalue weighted by molar-refractivity contribution is -0.117. The molecule has 0 bridgehead atoms. The van der Waals surface area contributed by atoms with Crippen molar-refractivity contribution >= 4 is 56.5 Å². The number of fused-ring (bicyclic) bond motifs is 2. The number of benzene rings is 4. The molecule has 4 aromatic carbocycles. The highest BCUT2D eigenvalue weighted by Crippen LogP contribution is 2.40. The molecule has 0 atom stereocenters. The van der Waals surface area contributed by atoms with Crippen LogP contribution in [-0.2, 0) is 16.0 Å². The van der Waals surface area contributed by atoms with Crippen LogP contribution in [0.4, 0.5) is 22.9 Å². The van der Waals surface area contributed by atoms with Gasteiger partial charge < -0.3 is 15.5 Å². The van der Waals surface area contributed by atoms with Gasteiger partial charge >= 0.3 is 0 Å². The van der Waals surface area contributed by atoms with Crippen LogP contribution in [0, 0.1) is 0 Å². The van der Waals surface area contributed by atoms with E-state index in [4.69, 9.17) is 4.98 Å². The molecular formula is C37H36N8O2. The summed E-state index contributed by atoms with van der Waals surface area (Å²) in [6.45, 7) is 1.40. The molecule has 10 heteroatoms. The van der Waals surface area contributed by atoms with Crippen molar-refractivity contribution in [1.82, 2.24) is 30.4 Å². The van der Waals surface area contributed by atoms with Gasteiger partial charge in [-0.2, -0.15) is 5.10 Å². The van der Waals surface area contributed by atoms with Gasteiger partial charge in [0.05, 0.1) is 22.9 Å². The maximum atomic E-state index is 12.8. The van der Waals surface area contributed by atoms with Crippen LogP contribution in [0.25, 0.3) is 21.8 Å². The van der Waals surface area contributed by atoms with Crippen molar-refractivity contribution in [3.05, 3.63) is 127 Å². The summed E-state index contributed by atoms with van der Waals surface area (Å²) in [5.74, 6) is -0.0729. The van der Waals surface area contributed by atoms with E-state index in [1.807, 2.05) is 68.7 Å². The fourth-order valence-electron chi connectivity index (χ4n) is 5.44. The van der Waals surface area contributed by atoms with Gasteiger partial charge in [0.15, 0.2) is 0 Å². The Labute approximate surface area is 273 Å². The van der Waals surface area contributed by atoms with E-state index in [1.54, 1.807) is 18.6 Å². The van der Waals surface area contributed by atoms with Crippen molar-refractivity contribution in [2.75, 3.05) is 37.4 Å². The van der Waals surface area contributed by atoms with E-state index in [0.29, 0.717) is 18.1 Å². The molecule has 2 aromatic heterocycles. The molecule has 0 saturated carbocycles. The maximum Gasteiger partial charge on any atom is 0.248 e. The number of aromatic amines is 1.